The van der Waals surface area contributed by atoms with Crippen LogP contribution in [0.3, 0.4) is 0 Å². The standard InChI is InChI=1S/C8H14N2O/c1-4-5-6(2)8-9-7(3)10-11-8/h6H,4-5H2,1-3H3. The normalized spacial score (nSPS) is 13.4. The number of aromatic nitrogens is 2. The van der Waals surface area contributed by atoms with Crippen LogP contribution in [0.5, 0.6) is 0 Å². The largest absolute Gasteiger partial charge is 0.339 e. The summed E-state index contributed by atoms with van der Waals surface area (Å²) in [7, 11) is 0. The summed E-state index contributed by atoms with van der Waals surface area (Å²) in [5, 5.41) is 3.73. The molecule has 0 bridgehead atoms. The predicted molar refractivity (Wildman–Crippen MR) is 42.4 cm³/mol. The number of hydrogen-bond donors (Lipinski definition) is 0. The Kier molecular flexibility index (Phi) is 2.63. The van der Waals surface area contributed by atoms with Crippen molar-refractivity contribution in [3.05, 3.63) is 11.7 Å². The first-order valence-electron chi connectivity index (χ1n) is 4.04. The lowest BCUT2D eigenvalue weighted by Gasteiger charge is -2.01. The molecule has 0 aliphatic carbocycles. The Labute approximate surface area is 66.8 Å². The molecule has 1 aromatic rings. The highest BCUT2D eigenvalue weighted by atomic mass is 16.5. The number of nitrogens with zero attached hydrogens (tertiary/aromatic N) is 2. The minimum atomic E-state index is 0.404. The lowest BCUT2D eigenvalue weighted by atomic mass is 10.1. The van der Waals surface area contributed by atoms with Crippen LogP contribution < -0.4 is 0 Å². The molecule has 0 aromatic carbocycles. The molecule has 0 aliphatic heterocycles. The summed E-state index contributed by atoms with van der Waals surface area (Å²) in [6.45, 7) is 6.10. The van der Waals surface area contributed by atoms with E-state index in [-0.39, 0.29) is 0 Å². The van der Waals surface area contributed by atoms with Crippen molar-refractivity contribution in [3.8, 4) is 0 Å². The molecule has 0 N–H and O–H groups in total. The van der Waals surface area contributed by atoms with Gasteiger partial charge in [-0.25, -0.2) is 0 Å². The van der Waals surface area contributed by atoms with Crippen LogP contribution >= 0.6 is 0 Å². The summed E-state index contributed by atoms with van der Waals surface area (Å²) in [6.07, 6.45) is 2.27. The van der Waals surface area contributed by atoms with E-state index in [1.54, 1.807) is 0 Å². The Morgan fingerprint density at radius 1 is 1.55 bits per heavy atom. The Bertz CT molecular complexity index is 220. The summed E-state index contributed by atoms with van der Waals surface area (Å²) in [6, 6.07) is 0. The number of hydrogen-bond acceptors (Lipinski definition) is 3. The summed E-state index contributed by atoms with van der Waals surface area (Å²) >= 11 is 0. The summed E-state index contributed by atoms with van der Waals surface area (Å²) < 4.78 is 5.02. The van der Waals surface area contributed by atoms with E-state index in [1.807, 2.05) is 6.92 Å². The molecule has 62 valence electrons. The van der Waals surface area contributed by atoms with Crippen molar-refractivity contribution in [3.63, 3.8) is 0 Å². The van der Waals surface area contributed by atoms with Gasteiger partial charge in [0, 0.05) is 5.92 Å². The van der Waals surface area contributed by atoms with Gasteiger partial charge in [0.1, 0.15) is 0 Å². The van der Waals surface area contributed by atoms with Crippen molar-refractivity contribution >= 4 is 0 Å². The zero-order valence-corrected chi connectivity index (χ0v) is 7.29. The first kappa shape index (κ1) is 8.24. The fourth-order valence-electron chi connectivity index (χ4n) is 1.07. The molecule has 0 saturated heterocycles. The quantitative estimate of drug-likeness (QED) is 0.670. The molecule has 3 nitrogen and oxygen atoms in total. The van der Waals surface area contributed by atoms with Crippen molar-refractivity contribution in [2.45, 2.75) is 39.5 Å². The van der Waals surface area contributed by atoms with Gasteiger partial charge in [-0.3, -0.25) is 0 Å². The molecule has 1 aromatic heterocycles. The average molecular weight is 154 g/mol. The van der Waals surface area contributed by atoms with Gasteiger partial charge in [-0.2, -0.15) is 4.98 Å². The molecule has 1 heterocycles. The fourth-order valence-corrected chi connectivity index (χ4v) is 1.07. The molecular weight excluding hydrogens is 140 g/mol. The van der Waals surface area contributed by atoms with Crippen LogP contribution in [-0.4, -0.2) is 10.1 Å². The van der Waals surface area contributed by atoms with E-state index >= 15 is 0 Å². The van der Waals surface area contributed by atoms with Gasteiger partial charge in [0.25, 0.3) is 0 Å². The van der Waals surface area contributed by atoms with Gasteiger partial charge in [0.2, 0.25) is 5.89 Å². The number of aryl methyl sites for hydroxylation is 1. The van der Waals surface area contributed by atoms with Gasteiger partial charge >= 0.3 is 0 Å². The Balaban J connectivity index is 2.60. The first-order valence-corrected chi connectivity index (χ1v) is 4.04. The van der Waals surface area contributed by atoms with Crippen molar-refractivity contribution in [1.82, 2.24) is 10.1 Å². The third kappa shape index (κ3) is 2.03. The maximum Gasteiger partial charge on any atom is 0.229 e. The van der Waals surface area contributed by atoms with Gasteiger partial charge < -0.3 is 4.52 Å². The second kappa shape index (κ2) is 3.51. The summed E-state index contributed by atoms with van der Waals surface area (Å²) in [5.74, 6) is 1.90. The SMILES string of the molecule is CCCC(C)c1nc(C)no1. The van der Waals surface area contributed by atoms with Crippen molar-refractivity contribution in [1.29, 1.82) is 0 Å². The third-order valence-corrected chi connectivity index (χ3v) is 1.69. The first-order chi connectivity index (χ1) is 5.24. The minimum Gasteiger partial charge on any atom is -0.339 e. The molecule has 0 saturated carbocycles. The molecule has 0 spiro atoms. The lowest BCUT2D eigenvalue weighted by molar-refractivity contribution is 0.350. The molecular formula is C8H14N2O. The maximum atomic E-state index is 5.02. The molecule has 0 aliphatic rings. The minimum absolute atomic E-state index is 0.404. The highest BCUT2D eigenvalue weighted by Crippen LogP contribution is 2.17. The Morgan fingerprint density at radius 3 is 2.73 bits per heavy atom. The van der Waals surface area contributed by atoms with E-state index in [1.165, 1.54) is 0 Å². The summed E-state index contributed by atoms with van der Waals surface area (Å²) in [5.41, 5.74) is 0. The zero-order valence-electron chi connectivity index (χ0n) is 7.29. The van der Waals surface area contributed by atoms with Crippen molar-refractivity contribution in [2.24, 2.45) is 0 Å². The highest BCUT2D eigenvalue weighted by Gasteiger charge is 2.10. The van der Waals surface area contributed by atoms with Gasteiger partial charge in [0.05, 0.1) is 0 Å². The van der Waals surface area contributed by atoms with E-state index < -0.39 is 0 Å². The van der Waals surface area contributed by atoms with Crippen LogP contribution in [0.1, 0.15) is 44.3 Å². The van der Waals surface area contributed by atoms with Crippen LogP contribution in [0.2, 0.25) is 0 Å². The highest BCUT2D eigenvalue weighted by molar-refractivity contribution is 4.89. The Morgan fingerprint density at radius 2 is 2.27 bits per heavy atom. The molecule has 3 heteroatoms. The average Bonchev–Trinajstić information content (AvgIpc) is 2.36. The molecule has 0 fully saturated rings. The van der Waals surface area contributed by atoms with Gasteiger partial charge in [-0.05, 0) is 13.3 Å². The van der Waals surface area contributed by atoms with E-state index in [0.29, 0.717) is 5.92 Å². The van der Waals surface area contributed by atoms with Crippen LogP contribution in [-0.2, 0) is 0 Å². The molecule has 1 rings (SSSR count). The van der Waals surface area contributed by atoms with E-state index in [0.717, 1.165) is 24.6 Å². The topological polar surface area (TPSA) is 38.9 Å². The van der Waals surface area contributed by atoms with Gasteiger partial charge in [0.15, 0.2) is 5.82 Å². The van der Waals surface area contributed by atoms with E-state index in [4.69, 9.17) is 4.52 Å². The van der Waals surface area contributed by atoms with E-state index in [9.17, 15) is 0 Å². The smallest absolute Gasteiger partial charge is 0.229 e. The van der Waals surface area contributed by atoms with Crippen LogP contribution in [0.15, 0.2) is 4.52 Å². The van der Waals surface area contributed by atoms with Gasteiger partial charge in [-0.15, -0.1) is 0 Å². The molecule has 11 heavy (non-hydrogen) atoms. The lowest BCUT2D eigenvalue weighted by Crippen LogP contribution is -1.92. The van der Waals surface area contributed by atoms with Crippen molar-refractivity contribution < 1.29 is 4.52 Å². The summed E-state index contributed by atoms with van der Waals surface area (Å²) in [4.78, 5) is 4.15. The fraction of sp³-hybridized carbons (Fsp3) is 0.750. The Hall–Kier alpha value is -0.860. The van der Waals surface area contributed by atoms with E-state index in [2.05, 4.69) is 24.0 Å². The molecule has 1 atom stereocenters. The van der Waals surface area contributed by atoms with Crippen LogP contribution in [0, 0.1) is 6.92 Å². The van der Waals surface area contributed by atoms with Crippen LogP contribution in [0.4, 0.5) is 0 Å². The van der Waals surface area contributed by atoms with Gasteiger partial charge in [-0.1, -0.05) is 25.4 Å². The molecule has 1 unspecified atom stereocenters. The molecule has 0 amide bonds. The monoisotopic (exact) mass is 154 g/mol. The van der Waals surface area contributed by atoms with Crippen LogP contribution in [0.25, 0.3) is 0 Å². The number of rotatable bonds is 3. The van der Waals surface area contributed by atoms with Crippen molar-refractivity contribution in [2.75, 3.05) is 0 Å². The third-order valence-electron chi connectivity index (χ3n) is 1.69. The molecule has 0 radical (unpaired) electrons. The zero-order chi connectivity index (χ0) is 8.27. The second-order valence-electron chi connectivity index (χ2n) is 2.87. The maximum absolute atomic E-state index is 5.02. The second-order valence-corrected chi connectivity index (χ2v) is 2.87. The predicted octanol–water partition coefficient (Wildman–Crippen LogP) is 2.28.